The van der Waals surface area contributed by atoms with Crippen LogP contribution in [0.25, 0.3) is 0 Å². The summed E-state index contributed by atoms with van der Waals surface area (Å²) in [7, 11) is 0. The summed E-state index contributed by atoms with van der Waals surface area (Å²) in [5.74, 6) is -1.39. The minimum atomic E-state index is -1.07. The van der Waals surface area contributed by atoms with Gasteiger partial charge in [-0.1, -0.05) is 0 Å². The first-order chi connectivity index (χ1) is 9.40. The first-order valence-electron chi connectivity index (χ1n) is 5.30. The van der Waals surface area contributed by atoms with Crippen molar-refractivity contribution < 1.29 is 24.6 Å². The van der Waals surface area contributed by atoms with Crippen LogP contribution in [0, 0.1) is 0 Å². The Morgan fingerprint density at radius 1 is 1.30 bits per heavy atom. The predicted octanol–water partition coefficient (Wildman–Crippen LogP) is 1.05. The monoisotopic (exact) mass is 297 g/mol. The number of aromatic hydroxyl groups is 2. The van der Waals surface area contributed by atoms with Crippen molar-refractivity contribution in [1.82, 2.24) is 9.91 Å². The number of phenols is 2. The SMILES string of the molecule is O=C(Cl)N1CC(=O)N(/N=C/c2ccc(O)c(O)c2)C1=O. The van der Waals surface area contributed by atoms with E-state index >= 15 is 0 Å². The fourth-order valence-electron chi connectivity index (χ4n) is 1.49. The second-order valence-electron chi connectivity index (χ2n) is 3.82. The van der Waals surface area contributed by atoms with Gasteiger partial charge in [0.1, 0.15) is 6.54 Å². The van der Waals surface area contributed by atoms with Crippen LogP contribution in [0.4, 0.5) is 9.59 Å². The van der Waals surface area contributed by atoms with Crippen LogP contribution in [0.1, 0.15) is 5.56 Å². The zero-order valence-electron chi connectivity index (χ0n) is 9.86. The van der Waals surface area contributed by atoms with Crippen molar-refractivity contribution in [2.45, 2.75) is 0 Å². The molecular formula is C11H8ClN3O5. The van der Waals surface area contributed by atoms with Gasteiger partial charge in [-0.3, -0.25) is 9.59 Å². The van der Waals surface area contributed by atoms with Gasteiger partial charge in [0.05, 0.1) is 6.21 Å². The van der Waals surface area contributed by atoms with Crippen molar-refractivity contribution in [3.63, 3.8) is 0 Å². The molecule has 9 heteroatoms. The summed E-state index contributed by atoms with van der Waals surface area (Å²) in [6, 6.07) is 2.87. The average molecular weight is 298 g/mol. The molecule has 0 unspecified atom stereocenters. The van der Waals surface area contributed by atoms with Crippen molar-refractivity contribution in [3.05, 3.63) is 23.8 Å². The number of halogens is 1. The Hall–Kier alpha value is -2.61. The van der Waals surface area contributed by atoms with E-state index in [9.17, 15) is 19.5 Å². The number of hydrazone groups is 1. The third-order valence-corrected chi connectivity index (χ3v) is 2.68. The van der Waals surface area contributed by atoms with Crippen LogP contribution in [0.5, 0.6) is 11.5 Å². The summed E-state index contributed by atoms with van der Waals surface area (Å²) < 4.78 is 0. The molecule has 0 atom stereocenters. The normalized spacial score (nSPS) is 15.4. The fourth-order valence-corrected chi connectivity index (χ4v) is 1.62. The van der Waals surface area contributed by atoms with E-state index in [4.69, 9.17) is 16.7 Å². The standard InChI is InChI=1S/C11H8ClN3O5/c12-10(19)14-5-9(18)15(11(14)20)13-4-6-1-2-7(16)8(17)3-6/h1-4,16-17H,5H2/b13-4+. The first kappa shape index (κ1) is 13.8. The fraction of sp³-hybridized carbons (Fsp3) is 0.0909. The number of urea groups is 1. The zero-order chi connectivity index (χ0) is 14.9. The number of phenolic OH excluding ortho intramolecular Hbond substituents is 2. The van der Waals surface area contributed by atoms with E-state index in [0.29, 0.717) is 15.5 Å². The minimum Gasteiger partial charge on any atom is -0.504 e. The van der Waals surface area contributed by atoms with Crippen molar-refractivity contribution in [2.75, 3.05) is 6.54 Å². The van der Waals surface area contributed by atoms with Crippen molar-refractivity contribution in [3.8, 4) is 11.5 Å². The molecule has 0 radical (unpaired) electrons. The van der Waals surface area contributed by atoms with E-state index in [1.807, 2.05) is 0 Å². The molecule has 1 aliphatic rings. The Morgan fingerprint density at radius 2 is 2.00 bits per heavy atom. The number of benzene rings is 1. The number of hydrogen-bond donors (Lipinski definition) is 2. The Morgan fingerprint density at radius 3 is 2.55 bits per heavy atom. The zero-order valence-corrected chi connectivity index (χ0v) is 10.6. The summed E-state index contributed by atoms with van der Waals surface area (Å²) in [5, 5.41) is 21.5. The summed E-state index contributed by atoms with van der Waals surface area (Å²) in [6.07, 6.45) is 1.12. The second kappa shape index (κ2) is 5.17. The van der Waals surface area contributed by atoms with Crippen LogP contribution >= 0.6 is 11.6 Å². The molecule has 8 nitrogen and oxygen atoms in total. The van der Waals surface area contributed by atoms with E-state index in [1.165, 1.54) is 18.2 Å². The number of nitrogens with zero attached hydrogens (tertiary/aromatic N) is 3. The lowest BCUT2D eigenvalue weighted by Crippen LogP contribution is -2.31. The highest BCUT2D eigenvalue weighted by molar-refractivity contribution is 6.64. The highest BCUT2D eigenvalue weighted by Gasteiger charge is 2.39. The molecule has 0 aromatic heterocycles. The summed E-state index contributed by atoms with van der Waals surface area (Å²) in [4.78, 5) is 34.5. The molecule has 0 bridgehead atoms. The molecule has 1 aromatic rings. The van der Waals surface area contributed by atoms with Gasteiger partial charge in [-0.25, -0.2) is 9.69 Å². The predicted molar refractivity (Wildman–Crippen MR) is 67.6 cm³/mol. The molecule has 1 aliphatic heterocycles. The van der Waals surface area contributed by atoms with Gasteiger partial charge >= 0.3 is 11.4 Å². The first-order valence-corrected chi connectivity index (χ1v) is 5.68. The Bertz CT molecular complexity index is 630. The van der Waals surface area contributed by atoms with Gasteiger partial charge in [-0.15, -0.1) is 5.01 Å². The summed E-state index contributed by atoms with van der Waals surface area (Å²) in [6.45, 7) is -0.473. The Balaban J connectivity index is 2.19. The second-order valence-corrected chi connectivity index (χ2v) is 4.14. The lowest BCUT2D eigenvalue weighted by molar-refractivity contribution is -0.125. The van der Waals surface area contributed by atoms with E-state index < -0.39 is 23.8 Å². The quantitative estimate of drug-likeness (QED) is 0.279. The lowest BCUT2D eigenvalue weighted by atomic mass is 10.2. The third kappa shape index (κ3) is 2.54. The maximum Gasteiger partial charge on any atom is 0.355 e. The average Bonchev–Trinajstić information content (AvgIpc) is 2.67. The maximum atomic E-state index is 11.6. The molecule has 0 aliphatic carbocycles. The van der Waals surface area contributed by atoms with Crippen molar-refractivity contribution in [1.29, 1.82) is 0 Å². The molecular weight excluding hydrogens is 290 g/mol. The molecule has 20 heavy (non-hydrogen) atoms. The molecule has 0 saturated carbocycles. The minimum absolute atomic E-state index is 0.311. The topological polar surface area (TPSA) is 111 Å². The largest absolute Gasteiger partial charge is 0.504 e. The van der Waals surface area contributed by atoms with Crippen LogP contribution in [0.3, 0.4) is 0 Å². The molecule has 1 aromatic carbocycles. The number of carbonyl (C=O) groups is 3. The van der Waals surface area contributed by atoms with Crippen LogP contribution in [-0.4, -0.2) is 50.2 Å². The molecule has 2 rings (SSSR count). The van der Waals surface area contributed by atoms with Gasteiger partial charge in [0, 0.05) is 0 Å². The van der Waals surface area contributed by atoms with E-state index in [1.54, 1.807) is 0 Å². The van der Waals surface area contributed by atoms with Gasteiger partial charge in [0.25, 0.3) is 5.91 Å². The van der Waals surface area contributed by atoms with E-state index in [2.05, 4.69) is 5.10 Å². The summed E-state index contributed by atoms with van der Waals surface area (Å²) >= 11 is 5.14. The number of hydrogen-bond acceptors (Lipinski definition) is 6. The van der Waals surface area contributed by atoms with Gasteiger partial charge in [0.15, 0.2) is 11.5 Å². The Labute approximate surface area is 117 Å². The van der Waals surface area contributed by atoms with E-state index in [-0.39, 0.29) is 11.5 Å². The number of imide groups is 2. The third-order valence-electron chi connectivity index (χ3n) is 2.48. The maximum absolute atomic E-state index is 11.6. The van der Waals surface area contributed by atoms with Gasteiger partial charge < -0.3 is 10.2 Å². The molecule has 1 heterocycles. The Kier molecular flexibility index (Phi) is 3.57. The molecule has 104 valence electrons. The van der Waals surface area contributed by atoms with Crippen LogP contribution in [0.15, 0.2) is 23.3 Å². The van der Waals surface area contributed by atoms with Crippen LogP contribution in [0.2, 0.25) is 0 Å². The molecule has 2 N–H and O–H groups in total. The van der Waals surface area contributed by atoms with E-state index in [0.717, 1.165) is 6.21 Å². The highest BCUT2D eigenvalue weighted by atomic mass is 35.5. The van der Waals surface area contributed by atoms with Gasteiger partial charge in [-0.05, 0) is 35.4 Å². The molecule has 0 spiro atoms. The van der Waals surface area contributed by atoms with Crippen LogP contribution < -0.4 is 0 Å². The molecule has 4 amide bonds. The molecule has 1 fully saturated rings. The number of carbonyl (C=O) groups excluding carboxylic acids is 3. The van der Waals surface area contributed by atoms with Crippen molar-refractivity contribution in [2.24, 2.45) is 5.10 Å². The van der Waals surface area contributed by atoms with Gasteiger partial charge in [-0.2, -0.15) is 5.10 Å². The molecule has 1 saturated heterocycles. The number of amides is 4. The summed E-state index contributed by atoms with van der Waals surface area (Å²) in [5.41, 5.74) is 0.344. The van der Waals surface area contributed by atoms with Gasteiger partial charge in [0.2, 0.25) is 0 Å². The number of rotatable bonds is 2. The van der Waals surface area contributed by atoms with Crippen LogP contribution in [-0.2, 0) is 4.79 Å². The lowest BCUT2D eigenvalue weighted by Gasteiger charge is -2.08. The smallest absolute Gasteiger partial charge is 0.355 e. The highest BCUT2D eigenvalue weighted by Crippen LogP contribution is 2.24. The van der Waals surface area contributed by atoms with Crippen molar-refractivity contribution >= 4 is 35.1 Å².